The van der Waals surface area contributed by atoms with Crippen LogP contribution in [0.5, 0.6) is 0 Å². The minimum absolute atomic E-state index is 0.395. The number of amidine groups is 1. The van der Waals surface area contributed by atoms with E-state index in [2.05, 4.69) is 15.2 Å². The fraction of sp³-hybridized carbons (Fsp3) is 0.333. The highest BCUT2D eigenvalue weighted by Crippen LogP contribution is 2.30. The second kappa shape index (κ2) is 6.50. The van der Waals surface area contributed by atoms with Crippen LogP contribution >= 0.6 is 35.0 Å². The molecular formula is C12H13Cl2N3OS. The molecule has 0 radical (unpaired) electrons. The quantitative estimate of drug-likeness (QED) is 0.898. The van der Waals surface area contributed by atoms with E-state index >= 15 is 0 Å². The van der Waals surface area contributed by atoms with Crippen molar-refractivity contribution < 1.29 is 4.79 Å². The van der Waals surface area contributed by atoms with Gasteiger partial charge in [-0.3, -0.25) is 0 Å². The molecule has 0 atom stereocenters. The maximum Gasteiger partial charge on any atom is 0.347 e. The topological polar surface area (TPSA) is 44.7 Å². The number of carbonyl (C=O) groups excluding carboxylic acids is 1. The highest BCUT2D eigenvalue weighted by Gasteiger charge is 2.19. The monoisotopic (exact) mass is 317 g/mol. The summed E-state index contributed by atoms with van der Waals surface area (Å²) in [7, 11) is 0. The Balaban J connectivity index is 2.11. The first kappa shape index (κ1) is 14.5. The van der Waals surface area contributed by atoms with Crippen LogP contribution in [-0.2, 0) is 0 Å². The van der Waals surface area contributed by atoms with E-state index in [9.17, 15) is 4.79 Å². The number of hydrogen-bond acceptors (Lipinski definition) is 2. The molecule has 1 aromatic rings. The summed E-state index contributed by atoms with van der Waals surface area (Å²) >= 11 is 13.5. The summed E-state index contributed by atoms with van der Waals surface area (Å²) in [6, 6.07) is 4.59. The number of aliphatic imine (C=N–C) groups is 1. The van der Waals surface area contributed by atoms with Crippen LogP contribution < -0.4 is 5.32 Å². The molecule has 0 saturated carbocycles. The Kier molecular flexibility index (Phi) is 4.96. The summed E-state index contributed by atoms with van der Waals surface area (Å²) in [5.41, 5.74) is 0.395. The van der Waals surface area contributed by atoms with Crippen LogP contribution in [0, 0.1) is 0 Å². The minimum atomic E-state index is -0.460. The molecule has 0 bridgehead atoms. The average molecular weight is 318 g/mol. The molecule has 2 amide bonds. The molecule has 0 aliphatic carbocycles. The SMILES string of the molecule is CCN1CCSC1=NC(=O)Nc1c(Cl)cccc1Cl. The van der Waals surface area contributed by atoms with E-state index in [0.717, 1.165) is 24.0 Å². The largest absolute Gasteiger partial charge is 0.350 e. The standard InChI is InChI=1S/C12H13Cl2N3OS/c1-2-17-6-7-19-12(17)16-11(18)15-10-8(13)4-3-5-9(10)14/h3-5H,2,6-7H2,1H3,(H,15,18). The van der Waals surface area contributed by atoms with Crippen molar-refractivity contribution in [2.24, 2.45) is 4.99 Å². The van der Waals surface area contributed by atoms with Gasteiger partial charge in [0.05, 0.1) is 15.7 Å². The van der Waals surface area contributed by atoms with Gasteiger partial charge >= 0.3 is 6.03 Å². The number of thioether (sulfide) groups is 1. The number of benzene rings is 1. The molecule has 1 fully saturated rings. The number of carbonyl (C=O) groups is 1. The zero-order valence-corrected chi connectivity index (χ0v) is 12.6. The molecule has 19 heavy (non-hydrogen) atoms. The second-order valence-corrected chi connectivity index (χ2v) is 5.73. The number of rotatable bonds is 2. The molecule has 1 saturated heterocycles. The number of nitrogens with one attached hydrogen (secondary N) is 1. The third-order valence-corrected chi connectivity index (χ3v) is 4.26. The third kappa shape index (κ3) is 3.55. The first-order valence-electron chi connectivity index (χ1n) is 5.83. The number of amides is 2. The lowest BCUT2D eigenvalue weighted by molar-refractivity contribution is 0.259. The minimum Gasteiger partial charge on any atom is -0.350 e. The van der Waals surface area contributed by atoms with Gasteiger partial charge in [0.2, 0.25) is 0 Å². The van der Waals surface area contributed by atoms with E-state index < -0.39 is 6.03 Å². The van der Waals surface area contributed by atoms with Gasteiger partial charge in [0.15, 0.2) is 5.17 Å². The summed E-state index contributed by atoms with van der Waals surface area (Å²) in [5, 5.41) is 4.15. The van der Waals surface area contributed by atoms with Crippen LogP contribution in [0.25, 0.3) is 0 Å². The highest BCUT2D eigenvalue weighted by molar-refractivity contribution is 8.14. The molecule has 0 unspecified atom stereocenters. The van der Waals surface area contributed by atoms with Crippen molar-refractivity contribution in [3.8, 4) is 0 Å². The Bertz CT molecular complexity index is 501. The van der Waals surface area contributed by atoms with Gasteiger partial charge < -0.3 is 10.2 Å². The third-order valence-electron chi connectivity index (χ3n) is 2.64. The molecule has 4 nitrogen and oxygen atoms in total. The number of halogens is 2. The van der Waals surface area contributed by atoms with Gasteiger partial charge in [-0.05, 0) is 19.1 Å². The first-order chi connectivity index (χ1) is 9.11. The molecule has 0 spiro atoms. The van der Waals surface area contributed by atoms with E-state index in [1.54, 1.807) is 30.0 Å². The Hall–Kier alpha value is -0.910. The van der Waals surface area contributed by atoms with Crippen molar-refractivity contribution in [1.29, 1.82) is 0 Å². The predicted octanol–water partition coefficient (Wildman–Crippen LogP) is 3.95. The van der Waals surface area contributed by atoms with Crippen molar-refractivity contribution in [2.45, 2.75) is 6.92 Å². The molecule has 1 aliphatic heterocycles. The van der Waals surface area contributed by atoms with Crippen molar-refractivity contribution in [1.82, 2.24) is 4.90 Å². The molecular weight excluding hydrogens is 305 g/mol. The van der Waals surface area contributed by atoms with E-state index in [1.807, 2.05) is 6.92 Å². The zero-order chi connectivity index (χ0) is 13.8. The van der Waals surface area contributed by atoms with Crippen LogP contribution in [-0.4, -0.2) is 34.9 Å². The summed E-state index contributed by atoms with van der Waals surface area (Å²) < 4.78 is 0. The summed E-state index contributed by atoms with van der Waals surface area (Å²) in [4.78, 5) is 18.0. The highest BCUT2D eigenvalue weighted by atomic mass is 35.5. The average Bonchev–Trinajstić information content (AvgIpc) is 2.81. The van der Waals surface area contributed by atoms with Crippen molar-refractivity contribution in [3.63, 3.8) is 0 Å². The number of nitrogens with zero attached hydrogens (tertiary/aromatic N) is 2. The fourth-order valence-electron chi connectivity index (χ4n) is 1.67. The van der Waals surface area contributed by atoms with Crippen molar-refractivity contribution in [3.05, 3.63) is 28.2 Å². The van der Waals surface area contributed by atoms with E-state index in [1.165, 1.54) is 0 Å². The normalized spacial score (nSPS) is 17.0. The maximum atomic E-state index is 11.9. The lowest BCUT2D eigenvalue weighted by Crippen LogP contribution is -2.25. The van der Waals surface area contributed by atoms with Gasteiger partial charge in [-0.2, -0.15) is 4.99 Å². The molecule has 1 N–H and O–H groups in total. The maximum absolute atomic E-state index is 11.9. The van der Waals surface area contributed by atoms with Gasteiger partial charge in [0.25, 0.3) is 0 Å². The van der Waals surface area contributed by atoms with Crippen molar-refractivity contribution in [2.75, 3.05) is 24.2 Å². The molecule has 0 aromatic heterocycles. The zero-order valence-electron chi connectivity index (χ0n) is 10.3. The molecule has 7 heteroatoms. The van der Waals surface area contributed by atoms with Gasteiger partial charge in [-0.1, -0.05) is 41.0 Å². The molecule has 1 aromatic carbocycles. The van der Waals surface area contributed by atoms with Gasteiger partial charge in [0, 0.05) is 18.8 Å². The van der Waals surface area contributed by atoms with E-state index in [-0.39, 0.29) is 0 Å². The van der Waals surface area contributed by atoms with Crippen LogP contribution in [0.1, 0.15) is 6.92 Å². The van der Waals surface area contributed by atoms with Gasteiger partial charge in [-0.15, -0.1) is 0 Å². The molecule has 102 valence electrons. The van der Waals surface area contributed by atoms with Crippen LogP contribution in [0.15, 0.2) is 23.2 Å². The second-order valence-electron chi connectivity index (χ2n) is 3.85. The molecule has 1 aliphatic rings. The fourth-order valence-corrected chi connectivity index (χ4v) is 3.21. The van der Waals surface area contributed by atoms with Gasteiger partial charge in [0.1, 0.15) is 0 Å². The summed E-state index contributed by atoms with van der Waals surface area (Å²) in [6.45, 7) is 3.79. The smallest absolute Gasteiger partial charge is 0.347 e. The van der Waals surface area contributed by atoms with Crippen molar-refractivity contribution >= 4 is 51.8 Å². The van der Waals surface area contributed by atoms with Gasteiger partial charge in [-0.25, -0.2) is 4.79 Å². The number of para-hydroxylation sites is 1. The van der Waals surface area contributed by atoms with E-state index in [4.69, 9.17) is 23.2 Å². The lowest BCUT2D eigenvalue weighted by Gasteiger charge is -2.14. The first-order valence-corrected chi connectivity index (χ1v) is 7.57. The Labute approximate surface area is 126 Å². The number of hydrogen-bond donors (Lipinski definition) is 1. The lowest BCUT2D eigenvalue weighted by atomic mass is 10.3. The van der Waals surface area contributed by atoms with Crippen LogP contribution in [0.4, 0.5) is 10.5 Å². The molecule has 1 heterocycles. The Morgan fingerprint density at radius 2 is 2.16 bits per heavy atom. The summed E-state index contributed by atoms with van der Waals surface area (Å²) in [5.74, 6) is 0.951. The van der Waals surface area contributed by atoms with Crippen LogP contribution in [0.2, 0.25) is 10.0 Å². The summed E-state index contributed by atoms with van der Waals surface area (Å²) in [6.07, 6.45) is 0. The predicted molar refractivity (Wildman–Crippen MR) is 82.6 cm³/mol. The molecule has 2 rings (SSSR count). The van der Waals surface area contributed by atoms with E-state index in [0.29, 0.717) is 15.7 Å². The number of urea groups is 1. The number of anilines is 1. The Morgan fingerprint density at radius 3 is 2.79 bits per heavy atom. The van der Waals surface area contributed by atoms with Crippen LogP contribution in [0.3, 0.4) is 0 Å². The Morgan fingerprint density at radius 1 is 1.47 bits per heavy atom.